The molecule has 0 saturated carbocycles. The summed E-state index contributed by atoms with van der Waals surface area (Å²) in [7, 11) is 0. The number of pyridine rings is 1. The van der Waals surface area contributed by atoms with Gasteiger partial charge in [0.2, 0.25) is 0 Å². The second-order valence-corrected chi connectivity index (χ2v) is 2.03. The van der Waals surface area contributed by atoms with Crippen LogP contribution in [0, 0.1) is 11.3 Å². The molecule has 0 aliphatic heterocycles. The highest BCUT2D eigenvalue weighted by molar-refractivity contribution is 5.49. The number of hydrogen-bond acceptors (Lipinski definition) is 4. The van der Waals surface area contributed by atoms with Crippen LogP contribution in [-0.4, -0.2) is 16.7 Å². The molecule has 1 aromatic rings. The highest BCUT2D eigenvalue weighted by atomic mass is 19.3. The molecule has 0 unspecified atom stereocenters. The summed E-state index contributed by atoms with van der Waals surface area (Å²) in [5.74, 6) is -1.13. The summed E-state index contributed by atoms with van der Waals surface area (Å²) in [6.45, 7) is -3.08. The Hall–Kier alpha value is -1.90. The van der Waals surface area contributed by atoms with Crippen molar-refractivity contribution in [2.75, 3.05) is 0 Å². The molecule has 0 spiro atoms. The predicted molar refractivity (Wildman–Crippen MR) is 37.2 cm³/mol. The Bertz CT molecular complexity index is 349. The second-order valence-electron chi connectivity index (χ2n) is 2.03. The summed E-state index contributed by atoms with van der Waals surface area (Å²) >= 11 is 0. The monoisotopic (exact) mass is 186 g/mol. The van der Waals surface area contributed by atoms with Gasteiger partial charge in [-0.25, -0.2) is 0 Å². The molecule has 0 saturated heterocycles. The van der Waals surface area contributed by atoms with Crippen molar-refractivity contribution in [3.63, 3.8) is 0 Å². The number of rotatable bonds is 2. The molecule has 0 amide bonds. The first-order valence-corrected chi connectivity index (χ1v) is 3.17. The Morgan fingerprint density at radius 3 is 2.77 bits per heavy atom. The molecule has 0 fully saturated rings. The average molecular weight is 186 g/mol. The Balaban J connectivity index is 3.10. The van der Waals surface area contributed by atoms with Crippen LogP contribution in [0.15, 0.2) is 12.4 Å². The fourth-order valence-electron chi connectivity index (χ4n) is 0.730. The van der Waals surface area contributed by atoms with Gasteiger partial charge in [-0.05, 0) is 0 Å². The first kappa shape index (κ1) is 9.19. The molecule has 1 heterocycles. The third-order valence-electron chi connectivity index (χ3n) is 1.21. The molecule has 1 rings (SSSR count). The van der Waals surface area contributed by atoms with Crippen molar-refractivity contribution >= 4 is 0 Å². The Kier molecular flexibility index (Phi) is 2.59. The van der Waals surface area contributed by atoms with Gasteiger partial charge in [0.05, 0.1) is 6.20 Å². The molecule has 4 nitrogen and oxygen atoms in total. The van der Waals surface area contributed by atoms with Gasteiger partial charge in [0.1, 0.15) is 11.6 Å². The highest BCUT2D eigenvalue weighted by Crippen LogP contribution is 2.29. The number of aromatic hydroxyl groups is 1. The molecular weight excluding hydrogens is 182 g/mol. The first-order chi connectivity index (χ1) is 6.15. The lowest BCUT2D eigenvalue weighted by atomic mass is 10.3. The van der Waals surface area contributed by atoms with Crippen LogP contribution in [0.4, 0.5) is 8.78 Å². The van der Waals surface area contributed by atoms with Gasteiger partial charge in [0.15, 0.2) is 11.5 Å². The summed E-state index contributed by atoms with van der Waals surface area (Å²) in [5.41, 5.74) is -0.236. The summed E-state index contributed by atoms with van der Waals surface area (Å²) in [6, 6.07) is 1.56. The summed E-state index contributed by atoms with van der Waals surface area (Å²) in [5, 5.41) is 17.4. The SMILES string of the molecule is N#Cc1cncc(O)c1OC(F)F. The average Bonchev–Trinajstić information content (AvgIpc) is 2.08. The van der Waals surface area contributed by atoms with Crippen molar-refractivity contribution < 1.29 is 18.6 Å². The zero-order valence-electron chi connectivity index (χ0n) is 6.24. The summed E-state index contributed by atoms with van der Waals surface area (Å²) in [4.78, 5) is 3.43. The van der Waals surface area contributed by atoms with Gasteiger partial charge < -0.3 is 9.84 Å². The number of alkyl halides is 2. The quantitative estimate of drug-likeness (QED) is 0.754. The van der Waals surface area contributed by atoms with Crippen LogP contribution in [0.1, 0.15) is 5.56 Å². The summed E-state index contributed by atoms with van der Waals surface area (Å²) < 4.78 is 27.4. The van der Waals surface area contributed by atoms with Crippen molar-refractivity contribution in [1.29, 1.82) is 5.26 Å². The van der Waals surface area contributed by atoms with Crippen LogP contribution in [0.5, 0.6) is 11.5 Å². The molecule has 1 N–H and O–H groups in total. The lowest BCUT2D eigenvalue weighted by Crippen LogP contribution is -2.04. The van der Waals surface area contributed by atoms with Crippen molar-refractivity contribution in [3.05, 3.63) is 18.0 Å². The van der Waals surface area contributed by atoms with E-state index in [1.165, 1.54) is 0 Å². The third-order valence-corrected chi connectivity index (χ3v) is 1.21. The largest absolute Gasteiger partial charge is 0.503 e. The minimum atomic E-state index is -3.08. The maximum Gasteiger partial charge on any atom is 0.387 e. The van der Waals surface area contributed by atoms with E-state index in [2.05, 4.69) is 9.72 Å². The van der Waals surface area contributed by atoms with Crippen molar-refractivity contribution in [3.8, 4) is 17.6 Å². The van der Waals surface area contributed by atoms with E-state index in [4.69, 9.17) is 10.4 Å². The Morgan fingerprint density at radius 1 is 1.54 bits per heavy atom. The molecule has 0 aliphatic carbocycles. The van der Waals surface area contributed by atoms with Crippen LogP contribution in [0.3, 0.4) is 0 Å². The van der Waals surface area contributed by atoms with Crippen molar-refractivity contribution in [1.82, 2.24) is 4.98 Å². The smallest absolute Gasteiger partial charge is 0.387 e. The lowest BCUT2D eigenvalue weighted by molar-refractivity contribution is -0.0515. The van der Waals surface area contributed by atoms with Crippen LogP contribution < -0.4 is 4.74 Å². The zero-order valence-corrected chi connectivity index (χ0v) is 6.24. The zero-order chi connectivity index (χ0) is 9.84. The predicted octanol–water partition coefficient (Wildman–Crippen LogP) is 1.26. The van der Waals surface area contributed by atoms with Gasteiger partial charge in [-0.2, -0.15) is 14.0 Å². The van der Waals surface area contributed by atoms with Gasteiger partial charge in [-0.1, -0.05) is 0 Å². The van der Waals surface area contributed by atoms with Gasteiger partial charge in [-0.15, -0.1) is 0 Å². The summed E-state index contributed by atoms with van der Waals surface area (Å²) in [6.07, 6.45) is 1.94. The molecule has 0 aliphatic rings. The van der Waals surface area contributed by atoms with Gasteiger partial charge in [-0.3, -0.25) is 4.98 Å². The fourth-order valence-corrected chi connectivity index (χ4v) is 0.730. The van der Waals surface area contributed by atoms with Gasteiger partial charge in [0.25, 0.3) is 0 Å². The Morgan fingerprint density at radius 2 is 2.23 bits per heavy atom. The van der Waals surface area contributed by atoms with Crippen LogP contribution in [0.25, 0.3) is 0 Å². The third kappa shape index (κ3) is 2.02. The minimum Gasteiger partial charge on any atom is -0.503 e. The first-order valence-electron chi connectivity index (χ1n) is 3.17. The molecule has 1 aromatic heterocycles. The number of nitrogens with zero attached hydrogens (tertiary/aromatic N) is 2. The van der Waals surface area contributed by atoms with E-state index in [1.54, 1.807) is 6.07 Å². The minimum absolute atomic E-state index is 0.236. The molecule has 6 heteroatoms. The van der Waals surface area contributed by atoms with E-state index in [0.717, 1.165) is 12.4 Å². The maximum atomic E-state index is 11.8. The topological polar surface area (TPSA) is 66.1 Å². The van der Waals surface area contributed by atoms with E-state index in [9.17, 15) is 8.78 Å². The van der Waals surface area contributed by atoms with Crippen molar-refractivity contribution in [2.24, 2.45) is 0 Å². The number of halogens is 2. The maximum absolute atomic E-state index is 11.8. The van der Waals surface area contributed by atoms with Crippen LogP contribution in [0.2, 0.25) is 0 Å². The van der Waals surface area contributed by atoms with Crippen LogP contribution in [-0.2, 0) is 0 Å². The normalized spacial score (nSPS) is 9.69. The van der Waals surface area contributed by atoms with Crippen molar-refractivity contribution in [2.45, 2.75) is 6.61 Å². The molecule has 0 radical (unpaired) electrons. The van der Waals surface area contributed by atoms with E-state index >= 15 is 0 Å². The number of ether oxygens (including phenoxy) is 1. The Labute approximate surface area is 72.0 Å². The number of hydrogen-bond donors (Lipinski definition) is 1. The lowest BCUT2D eigenvalue weighted by Gasteiger charge is -2.06. The van der Waals surface area contributed by atoms with Crippen LogP contribution >= 0.6 is 0 Å². The van der Waals surface area contributed by atoms with Gasteiger partial charge in [0, 0.05) is 6.20 Å². The van der Waals surface area contributed by atoms with Gasteiger partial charge >= 0.3 is 6.61 Å². The second kappa shape index (κ2) is 3.67. The molecular formula is C7H4F2N2O2. The molecule has 0 aromatic carbocycles. The van der Waals surface area contributed by atoms with E-state index < -0.39 is 18.1 Å². The van der Waals surface area contributed by atoms with E-state index in [1.807, 2.05) is 0 Å². The molecule has 0 atom stereocenters. The number of nitriles is 1. The molecule has 68 valence electrons. The molecule has 13 heavy (non-hydrogen) atoms. The highest BCUT2D eigenvalue weighted by Gasteiger charge is 2.14. The fraction of sp³-hybridized carbons (Fsp3) is 0.143. The molecule has 0 bridgehead atoms. The number of aromatic nitrogens is 1. The van der Waals surface area contributed by atoms with E-state index in [-0.39, 0.29) is 5.56 Å². The van der Waals surface area contributed by atoms with E-state index in [0.29, 0.717) is 0 Å². The standard InChI is InChI=1S/C7H4F2N2O2/c8-7(9)13-6-4(1-10)2-11-3-5(6)12/h2-3,7,12H.